The molecular weight excluding hydrogens is 265 g/mol. The minimum absolute atomic E-state index is 0.0750. The summed E-state index contributed by atoms with van der Waals surface area (Å²) in [5.41, 5.74) is 3.20. The lowest BCUT2D eigenvalue weighted by atomic mass is 9.87. The van der Waals surface area contributed by atoms with Crippen molar-refractivity contribution in [2.45, 2.75) is 52.3 Å². The molecule has 1 rings (SSSR count). The number of benzene rings is 1. The van der Waals surface area contributed by atoms with Crippen LogP contribution in [0.3, 0.4) is 0 Å². The first-order valence-corrected chi connectivity index (χ1v) is 6.74. The number of nitrogens with one attached hydrogen (secondary N) is 1. The third kappa shape index (κ3) is 5.92. The van der Waals surface area contributed by atoms with Gasteiger partial charge in [-0.25, -0.2) is 0 Å². The molecule has 0 amide bonds. The van der Waals surface area contributed by atoms with Crippen molar-refractivity contribution in [1.82, 2.24) is 5.43 Å². The summed E-state index contributed by atoms with van der Waals surface area (Å²) in [6.07, 6.45) is -1.76. The van der Waals surface area contributed by atoms with Gasteiger partial charge in [-0.05, 0) is 42.4 Å². The predicted molar refractivity (Wildman–Crippen MR) is 74.9 cm³/mol. The van der Waals surface area contributed by atoms with Crippen molar-refractivity contribution in [2.24, 2.45) is 11.3 Å². The fourth-order valence-corrected chi connectivity index (χ4v) is 1.97. The molecule has 1 atom stereocenters. The highest BCUT2D eigenvalue weighted by atomic mass is 19.4. The first kappa shape index (κ1) is 17.0. The highest BCUT2D eigenvalue weighted by Gasteiger charge is 2.30. The second-order valence-corrected chi connectivity index (χ2v) is 6.36. The van der Waals surface area contributed by atoms with Gasteiger partial charge in [0.15, 0.2) is 0 Å². The minimum atomic E-state index is -4.28. The maximum atomic E-state index is 12.5. The standard InChI is InChI=1S/C15H23F3N2/c1-14(2,3)9-8-13(20-19)10-11-4-6-12(7-5-11)15(16,17)18/h4-7,13,20H,8-10,19H2,1-3H3. The molecule has 0 spiro atoms. The van der Waals surface area contributed by atoms with Gasteiger partial charge in [-0.1, -0.05) is 32.9 Å². The van der Waals surface area contributed by atoms with Gasteiger partial charge in [-0.3, -0.25) is 11.3 Å². The van der Waals surface area contributed by atoms with Crippen molar-refractivity contribution in [3.05, 3.63) is 35.4 Å². The normalized spacial score (nSPS) is 14.3. The van der Waals surface area contributed by atoms with Crippen molar-refractivity contribution in [3.8, 4) is 0 Å². The molecule has 0 heterocycles. The van der Waals surface area contributed by atoms with Crippen molar-refractivity contribution in [3.63, 3.8) is 0 Å². The Balaban J connectivity index is 2.62. The average molecular weight is 288 g/mol. The van der Waals surface area contributed by atoms with E-state index in [0.717, 1.165) is 30.5 Å². The highest BCUT2D eigenvalue weighted by molar-refractivity contribution is 5.25. The summed E-state index contributed by atoms with van der Waals surface area (Å²) >= 11 is 0. The van der Waals surface area contributed by atoms with E-state index in [1.807, 2.05) is 0 Å². The molecule has 0 bridgehead atoms. The van der Waals surface area contributed by atoms with E-state index in [4.69, 9.17) is 5.84 Å². The van der Waals surface area contributed by atoms with Crippen LogP contribution < -0.4 is 11.3 Å². The Hall–Kier alpha value is -1.07. The largest absolute Gasteiger partial charge is 0.416 e. The monoisotopic (exact) mass is 288 g/mol. The number of nitrogens with two attached hydrogens (primary N) is 1. The highest BCUT2D eigenvalue weighted by Crippen LogP contribution is 2.29. The molecule has 0 saturated heterocycles. The van der Waals surface area contributed by atoms with E-state index in [0.29, 0.717) is 6.42 Å². The third-order valence-electron chi connectivity index (χ3n) is 3.24. The summed E-state index contributed by atoms with van der Waals surface area (Å²) < 4.78 is 37.4. The molecule has 0 aliphatic carbocycles. The van der Waals surface area contributed by atoms with Crippen LogP contribution in [0.25, 0.3) is 0 Å². The zero-order valence-electron chi connectivity index (χ0n) is 12.2. The topological polar surface area (TPSA) is 38.0 Å². The molecule has 3 N–H and O–H groups in total. The lowest BCUT2D eigenvalue weighted by Gasteiger charge is -2.23. The number of hydrogen-bond donors (Lipinski definition) is 2. The summed E-state index contributed by atoms with van der Waals surface area (Å²) in [6.45, 7) is 6.45. The van der Waals surface area contributed by atoms with E-state index in [1.165, 1.54) is 12.1 Å². The molecule has 1 aromatic rings. The fourth-order valence-electron chi connectivity index (χ4n) is 1.97. The Bertz CT molecular complexity index is 405. The van der Waals surface area contributed by atoms with Crippen LogP contribution in [0.2, 0.25) is 0 Å². The maximum Gasteiger partial charge on any atom is 0.416 e. The molecule has 0 aliphatic rings. The van der Waals surface area contributed by atoms with Crippen LogP contribution in [-0.2, 0) is 12.6 Å². The molecule has 5 heteroatoms. The van der Waals surface area contributed by atoms with Crippen LogP contribution in [0.5, 0.6) is 0 Å². The van der Waals surface area contributed by atoms with Gasteiger partial charge in [-0.15, -0.1) is 0 Å². The number of hydrogen-bond acceptors (Lipinski definition) is 2. The van der Waals surface area contributed by atoms with Gasteiger partial charge in [0.2, 0.25) is 0 Å². The number of halogens is 3. The maximum absolute atomic E-state index is 12.5. The molecular formula is C15H23F3N2. The van der Waals surface area contributed by atoms with Crippen LogP contribution >= 0.6 is 0 Å². The minimum Gasteiger partial charge on any atom is -0.271 e. The second kappa shape index (κ2) is 6.59. The van der Waals surface area contributed by atoms with Crippen LogP contribution in [0, 0.1) is 5.41 Å². The summed E-state index contributed by atoms with van der Waals surface area (Å²) in [5, 5.41) is 0. The second-order valence-electron chi connectivity index (χ2n) is 6.36. The van der Waals surface area contributed by atoms with Crippen molar-refractivity contribution < 1.29 is 13.2 Å². The predicted octanol–water partition coefficient (Wildman–Crippen LogP) is 3.91. The first-order valence-electron chi connectivity index (χ1n) is 6.74. The Morgan fingerprint density at radius 3 is 2.05 bits per heavy atom. The van der Waals surface area contributed by atoms with Gasteiger partial charge < -0.3 is 0 Å². The van der Waals surface area contributed by atoms with Crippen molar-refractivity contribution in [2.75, 3.05) is 0 Å². The number of hydrazine groups is 1. The van der Waals surface area contributed by atoms with Crippen LogP contribution in [0.15, 0.2) is 24.3 Å². The molecule has 20 heavy (non-hydrogen) atoms. The lowest BCUT2D eigenvalue weighted by Crippen LogP contribution is -2.37. The molecule has 1 aromatic carbocycles. The van der Waals surface area contributed by atoms with Gasteiger partial charge in [0.05, 0.1) is 5.56 Å². The molecule has 0 aliphatic heterocycles. The smallest absolute Gasteiger partial charge is 0.271 e. The average Bonchev–Trinajstić information content (AvgIpc) is 2.33. The van der Waals surface area contributed by atoms with Crippen molar-refractivity contribution >= 4 is 0 Å². The van der Waals surface area contributed by atoms with Gasteiger partial charge in [-0.2, -0.15) is 13.2 Å². The SMILES string of the molecule is CC(C)(C)CCC(Cc1ccc(C(F)(F)F)cc1)NN. The molecule has 0 radical (unpaired) electrons. The van der Waals surface area contributed by atoms with E-state index in [2.05, 4.69) is 26.2 Å². The summed E-state index contributed by atoms with van der Waals surface area (Å²) in [4.78, 5) is 0. The van der Waals surface area contributed by atoms with Gasteiger partial charge in [0.1, 0.15) is 0 Å². The Labute approximate surface area is 118 Å². The first-order chi connectivity index (χ1) is 9.12. The van der Waals surface area contributed by atoms with Crippen LogP contribution in [-0.4, -0.2) is 6.04 Å². The van der Waals surface area contributed by atoms with Gasteiger partial charge in [0, 0.05) is 6.04 Å². The number of alkyl halides is 3. The van der Waals surface area contributed by atoms with Gasteiger partial charge >= 0.3 is 6.18 Å². The third-order valence-corrected chi connectivity index (χ3v) is 3.24. The quantitative estimate of drug-likeness (QED) is 0.637. The van der Waals surface area contributed by atoms with E-state index in [9.17, 15) is 13.2 Å². The Morgan fingerprint density at radius 2 is 1.65 bits per heavy atom. The Kier molecular flexibility index (Phi) is 5.59. The zero-order valence-corrected chi connectivity index (χ0v) is 12.2. The van der Waals surface area contributed by atoms with E-state index in [1.54, 1.807) is 0 Å². The molecule has 0 fully saturated rings. The molecule has 2 nitrogen and oxygen atoms in total. The lowest BCUT2D eigenvalue weighted by molar-refractivity contribution is -0.137. The summed E-state index contributed by atoms with van der Waals surface area (Å²) in [5.74, 6) is 5.52. The number of rotatable bonds is 5. The Morgan fingerprint density at radius 1 is 1.10 bits per heavy atom. The van der Waals surface area contributed by atoms with Crippen LogP contribution in [0.1, 0.15) is 44.7 Å². The molecule has 0 aromatic heterocycles. The molecule has 0 saturated carbocycles. The van der Waals surface area contributed by atoms with E-state index < -0.39 is 11.7 Å². The van der Waals surface area contributed by atoms with Gasteiger partial charge in [0.25, 0.3) is 0 Å². The van der Waals surface area contributed by atoms with E-state index >= 15 is 0 Å². The fraction of sp³-hybridized carbons (Fsp3) is 0.600. The van der Waals surface area contributed by atoms with Crippen molar-refractivity contribution in [1.29, 1.82) is 0 Å². The van der Waals surface area contributed by atoms with E-state index in [-0.39, 0.29) is 11.5 Å². The summed E-state index contributed by atoms with van der Waals surface area (Å²) in [7, 11) is 0. The molecule has 1 unspecified atom stereocenters. The summed E-state index contributed by atoms with van der Waals surface area (Å²) in [6, 6.07) is 5.35. The zero-order chi connectivity index (χ0) is 15.4. The molecule has 114 valence electrons. The van der Waals surface area contributed by atoms with Crippen LogP contribution in [0.4, 0.5) is 13.2 Å².